The Balaban J connectivity index is 3.22. The first-order valence-electron chi connectivity index (χ1n) is 3.87. The largest absolute Gasteiger partial charge is 0.394 e. The molecule has 80 valence electrons. The minimum atomic E-state index is -3.86. The summed E-state index contributed by atoms with van der Waals surface area (Å²) in [6, 6.07) is 0. The highest BCUT2D eigenvalue weighted by Gasteiger charge is 2.11. The first-order chi connectivity index (χ1) is 5.95. The monoisotopic (exact) mass is 230 g/mol. The van der Waals surface area contributed by atoms with Crippen molar-refractivity contribution in [3.63, 3.8) is 0 Å². The molecule has 0 aliphatic heterocycles. The molecule has 0 heterocycles. The summed E-state index contributed by atoms with van der Waals surface area (Å²) in [4.78, 5) is 17.0. The molecule has 0 aliphatic rings. The van der Waals surface area contributed by atoms with Gasteiger partial charge in [0.2, 0.25) is 0 Å². The van der Waals surface area contributed by atoms with Crippen LogP contribution in [0.2, 0.25) is 0 Å². The van der Waals surface area contributed by atoms with Gasteiger partial charge in [0, 0.05) is 5.75 Å². The maximum Gasteiger partial charge on any atom is 0.325 e. The van der Waals surface area contributed by atoms with Gasteiger partial charge in [-0.2, -0.15) is 11.8 Å². The van der Waals surface area contributed by atoms with Crippen molar-refractivity contribution >= 4 is 19.4 Å². The van der Waals surface area contributed by atoms with E-state index in [4.69, 9.17) is 20.0 Å². The highest BCUT2D eigenvalue weighted by molar-refractivity contribution is 7.99. The Morgan fingerprint density at radius 1 is 1.38 bits per heavy atom. The van der Waals surface area contributed by atoms with E-state index in [-0.39, 0.29) is 12.8 Å². The lowest BCUT2D eigenvalue weighted by atomic mass is 10.4. The van der Waals surface area contributed by atoms with Crippen LogP contribution >= 0.6 is 19.4 Å². The van der Waals surface area contributed by atoms with Gasteiger partial charge in [0.1, 0.15) is 0 Å². The molecule has 1 atom stereocenters. The Hall–Kier alpha value is 0.420. The molecule has 0 aliphatic carbocycles. The van der Waals surface area contributed by atoms with E-state index in [1.807, 2.05) is 0 Å². The molecule has 13 heavy (non-hydrogen) atoms. The number of aliphatic hydroxyl groups is 2. The quantitative estimate of drug-likeness (QED) is 0.352. The minimum Gasteiger partial charge on any atom is -0.394 e. The Morgan fingerprint density at radius 2 is 2.00 bits per heavy atom. The molecule has 4 N–H and O–H groups in total. The van der Waals surface area contributed by atoms with Crippen LogP contribution in [0.25, 0.3) is 0 Å². The third-order valence-electron chi connectivity index (χ3n) is 1.26. The van der Waals surface area contributed by atoms with Crippen LogP contribution in [-0.4, -0.2) is 50.4 Å². The number of hydrogen-bond donors (Lipinski definition) is 4. The van der Waals surface area contributed by atoms with Crippen molar-refractivity contribution in [3.8, 4) is 0 Å². The van der Waals surface area contributed by atoms with Crippen LogP contribution in [0.15, 0.2) is 0 Å². The Labute approximate surface area is 81.3 Å². The molecular formula is C6H15O5PS. The highest BCUT2D eigenvalue weighted by atomic mass is 32.2. The average Bonchev–Trinajstić information content (AvgIpc) is 2.01. The van der Waals surface area contributed by atoms with Gasteiger partial charge in [-0.05, 0) is 12.2 Å². The highest BCUT2D eigenvalue weighted by Crippen LogP contribution is 2.35. The van der Waals surface area contributed by atoms with Gasteiger partial charge < -0.3 is 20.0 Å². The van der Waals surface area contributed by atoms with E-state index in [1.54, 1.807) is 0 Å². The summed E-state index contributed by atoms with van der Waals surface area (Å²) in [5.41, 5.74) is 0. The second-order valence-corrected chi connectivity index (χ2v) is 5.58. The van der Waals surface area contributed by atoms with Crippen molar-refractivity contribution in [2.45, 2.75) is 12.5 Å². The Morgan fingerprint density at radius 3 is 2.46 bits per heavy atom. The van der Waals surface area contributed by atoms with Crippen LogP contribution in [0.1, 0.15) is 6.42 Å². The lowest BCUT2D eigenvalue weighted by Crippen LogP contribution is -2.15. The molecule has 0 saturated carbocycles. The maximum atomic E-state index is 10.4. The standard InChI is InChI=1S/C6H15O5PS/c7-4-6(8)5-13-3-1-2-12(9,10)11/h6-8H,1-5H2,(H2,9,10,11). The van der Waals surface area contributed by atoms with Gasteiger partial charge >= 0.3 is 7.60 Å². The summed E-state index contributed by atoms with van der Waals surface area (Å²) >= 11 is 1.37. The topological polar surface area (TPSA) is 98.0 Å². The van der Waals surface area contributed by atoms with Crippen LogP contribution < -0.4 is 0 Å². The molecule has 1 unspecified atom stereocenters. The van der Waals surface area contributed by atoms with E-state index in [2.05, 4.69) is 0 Å². The summed E-state index contributed by atoms with van der Waals surface area (Å²) in [6.07, 6.45) is -0.428. The smallest absolute Gasteiger partial charge is 0.325 e. The summed E-state index contributed by atoms with van der Waals surface area (Å²) in [7, 11) is -3.86. The summed E-state index contributed by atoms with van der Waals surface area (Å²) in [6.45, 7) is -0.272. The summed E-state index contributed by atoms with van der Waals surface area (Å²) in [5, 5.41) is 17.3. The van der Waals surface area contributed by atoms with Gasteiger partial charge in [0.25, 0.3) is 0 Å². The fraction of sp³-hybridized carbons (Fsp3) is 1.00. The normalized spacial score (nSPS) is 14.5. The molecule has 5 nitrogen and oxygen atoms in total. The predicted molar refractivity (Wildman–Crippen MR) is 51.9 cm³/mol. The molecular weight excluding hydrogens is 215 g/mol. The van der Waals surface area contributed by atoms with Crippen molar-refractivity contribution in [2.75, 3.05) is 24.3 Å². The summed E-state index contributed by atoms with van der Waals surface area (Å²) in [5.74, 6) is 0.986. The Kier molecular flexibility index (Phi) is 7.03. The van der Waals surface area contributed by atoms with Crippen molar-refractivity contribution in [3.05, 3.63) is 0 Å². The molecule has 0 aromatic heterocycles. The van der Waals surface area contributed by atoms with E-state index in [0.29, 0.717) is 17.9 Å². The van der Waals surface area contributed by atoms with Gasteiger partial charge in [0.15, 0.2) is 0 Å². The van der Waals surface area contributed by atoms with E-state index in [1.165, 1.54) is 11.8 Å². The van der Waals surface area contributed by atoms with Crippen LogP contribution in [0, 0.1) is 0 Å². The third-order valence-corrected chi connectivity index (χ3v) is 3.36. The van der Waals surface area contributed by atoms with Crippen LogP contribution in [0.4, 0.5) is 0 Å². The predicted octanol–water partition coefficient (Wildman–Crippen LogP) is -0.359. The van der Waals surface area contributed by atoms with Gasteiger partial charge in [-0.1, -0.05) is 0 Å². The molecule has 0 fully saturated rings. The number of aliphatic hydroxyl groups excluding tert-OH is 2. The molecule has 0 radical (unpaired) electrons. The van der Waals surface area contributed by atoms with E-state index in [0.717, 1.165) is 0 Å². The van der Waals surface area contributed by atoms with Crippen molar-refractivity contribution in [2.24, 2.45) is 0 Å². The van der Waals surface area contributed by atoms with Crippen LogP contribution in [-0.2, 0) is 4.57 Å². The van der Waals surface area contributed by atoms with Gasteiger partial charge in [0.05, 0.1) is 18.9 Å². The number of hydrogen-bond acceptors (Lipinski definition) is 4. The zero-order valence-electron chi connectivity index (χ0n) is 7.17. The van der Waals surface area contributed by atoms with Crippen molar-refractivity contribution in [1.82, 2.24) is 0 Å². The summed E-state index contributed by atoms with van der Waals surface area (Å²) < 4.78 is 10.4. The van der Waals surface area contributed by atoms with E-state index >= 15 is 0 Å². The molecule has 0 amide bonds. The fourth-order valence-corrected chi connectivity index (χ4v) is 2.32. The van der Waals surface area contributed by atoms with E-state index < -0.39 is 13.7 Å². The minimum absolute atomic E-state index is 0.116. The second kappa shape index (κ2) is 6.81. The lowest BCUT2D eigenvalue weighted by Gasteiger charge is -2.06. The van der Waals surface area contributed by atoms with Crippen molar-refractivity contribution < 1.29 is 24.6 Å². The van der Waals surface area contributed by atoms with Gasteiger partial charge in [-0.25, -0.2) is 0 Å². The van der Waals surface area contributed by atoms with E-state index in [9.17, 15) is 4.57 Å². The molecule has 0 aromatic rings. The zero-order valence-corrected chi connectivity index (χ0v) is 8.88. The fourth-order valence-electron chi connectivity index (χ4n) is 0.645. The van der Waals surface area contributed by atoms with Crippen LogP contribution in [0.5, 0.6) is 0 Å². The van der Waals surface area contributed by atoms with Crippen LogP contribution in [0.3, 0.4) is 0 Å². The average molecular weight is 230 g/mol. The molecule has 0 aromatic carbocycles. The van der Waals surface area contributed by atoms with Gasteiger partial charge in [-0.15, -0.1) is 0 Å². The molecule has 7 heteroatoms. The first kappa shape index (κ1) is 13.4. The number of thioether (sulfide) groups is 1. The maximum absolute atomic E-state index is 10.4. The molecule has 0 rings (SSSR count). The first-order valence-corrected chi connectivity index (χ1v) is 6.82. The second-order valence-electron chi connectivity index (χ2n) is 2.65. The zero-order chi connectivity index (χ0) is 10.3. The SMILES string of the molecule is O=P(O)(O)CCCSCC(O)CO. The molecule has 0 bridgehead atoms. The van der Waals surface area contributed by atoms with Crippen molar-refractivity contribution in [1.29, 1.82) is 0 Å². The lowest BCUT2D eigenvalue weighted by molar-refractivity contribution is 0.113. The Bertz CT molecular complexity index is 170. The third kappa shape index (κ3) is 10.3. The molecule has 0 saturated heterocycles. The van der Waals surface area contributed by atoms with Gasteiger partial charge in [-0.3, -0.25) is 4.57 Å². The number of rotatable bonds is 7. The molecule has 0 spiro atoms.